The molecule has 2 bridgehead atoms. The van der Waals surface area contributed by atoms with Gasteiger partial charge in [-0.3, -0.25) is 0 Å². The van der Waals surface area contributed by atoms with Gasteiger partial charge in [0, 0.05) is 22.6 Å². The lowest BCUT2D eigenvalue weighted by Crippen LogP contribution is -2.52. The van der Waals surface area contributed by atoms with Crippen molar-refractivity contribution in [2.45, 2.75) is 63.1 Å². The van der Waals surface area contributed by atoms with E-state index in [1.165, 1.54) is 37.7 Å². The molecule has 0 aliphatic carbocycles. The third-order valence-corrected chi connectivity index (χ3v) is 5.18. The summed E-state index contributed by atoms with van der Waals surface area (Å²) in [7, 11) is 0. The van der Waals surface area contributed by atoms with E-state index in [0.29, 0.717) is 11.6 Å². The summed E-state index contributed by atoms with van der Waals surface area (Å²) in [6, 6.07) is 9.35. The number of piperidine rings is 1. The Balaban J connectivity index is 1.68. The normalized spacial score (nSPS) is 34.1. The van der Waals surface area contributed by atoms with E-state index in [-0.39, 0.29) is 6.04 Å². The van der Waals surface area contributed by atoms with Crippen LogP contribution < -0.4 is 11.1 Å². The summed E-state index contributed by atoms with van der Waals surface area (Å²) in [4.78, 5) is 0. The highest BCUT2D eigenvalue weighted by atomic mass is 35.5. The Bertz CT molecular complexity index is 457. The van der Waals surface area contributed by atoms with E-state index in [0.717, 1.165) is 17.4 Å². The van der Waals surface area contributed by atoms with Crippen LogP contribution in [-0.4, -0.2) is 17.6 Å². The molecular weight excluding hydrogens is 268 g/mol. The molecule has 3 N–H and O–H groups in total. The standard InChI is InChI=1S/C17H25ClN2/c1-12(19)10-17-7-6-16(20-17)9-14(11-17)8-13-2-4-15(18)5-3-13/h2-5,12,14,16,20H,6-11,19H2,1H3. The summed E-state index contributed by atoms with van der Waals surface area (Å²) in [5.41, 5.74) is 7.79. The molecule has 0 spiro atoms. The molecule has 0 amide bonds. The van der Waals surface area contributed by atoms with E-state index >= 15 is 0 Å². The maximum atomic E-state index is 6.06. The predicted octanol–water partition coefficient (Wildman–Crippen LogP) is 3.52. The number of fused-ring (bicyclic) bond motifs is 2. The van der Waals surface area contributed by atoms with Crippen LogP contribution in [0.25, 0.3) is 0 Å². The summed E-state index contributed by atoms with van der Waals surface area (Å²) in [6.07, 6.45) is 7.49. The smallest absolute Gasteiger partial charge is 0.0406 e. The molecule has 2 saturated heterocycles. The monoisotopic (exact) mass is 292 g/mol. The van der Waals surface area contributed by atoms with Crippen LogP contribution in [0.4, 0.5) is 0 Å². The molecule has 3 rings (SSSR count). The first-order chi connectivity index (χ1) is 9.55. The van der Waals surface area contributed by atoms with Gasteiger partial charge in [-0.15, -0.1) is 0 Å². The van der Waals surface area contributed by atoms with Crippen LogP contribution in [0.15, 0.2) is 24.3 Å². The van der Waals surface area contributed by atoms with Gasteiger partial charge in [0.1, 0.15) is 0 Å². The number of nitrogens with two attached hydrogens (primary N) is 1. The Labute approximate surface area is 127 Å². The molecule has 2 aliphatic rings. The van der Waals surface area contributed by atoms with Gasteiger partial charge in [0.15, 0.2) is 0 Å². The number of rotatable bonds is 4. The molecule has 0 saturated carbocycles. The maximum absolute atomic E-state index is 6.06. The number of benzene rings is 1. The first-order valence-electron chi connectivity index (χ1n) is 7.82. The zero-order valence-corrected chi connectivity index (χ0v) is 13.0. The number of hydrogen-bond donors (Lipinski definition) is 2. The van der Waals surface area contributed by atoms with Crippen LogP contribution in [0.2, 0.25) is 5.02 Å². The fourth-order valence-corrected chi connectivity index (χ4v) is 4.50. The van der Waals surface area contributed by atoms with E-state index in [9.17, 15) is 0 Å². The molecule has 4 unspecified atom stereocenters. The molecule has 20 heavy (non-hydrogen) atoms. The van der Waals surface area contributed by atoms with Gasteiger partial charge in [-0.1, -0.05) is 23.7 Å². The Kier molecular flexibility index (Phi) is 4.07. The highest BCUT2D eigenvalue weighted by molar-refractivity contribution is 6.30. The summed E-state index contributed by atoms with van der Waals surface area (Å²) >= 11 is 5.97. The maximum Gasteiger partial charge on any atom is 0.0406 e. The van der Waals surface area contributed by atoms with E-state index in [1.807, 2.05) is 12.1 Å². The van der Waals surface area contributed by atoms with Gasteiger partial charge in [0.25, 0.3) is 0 Å². The van der Waals surface area contributed by atoms with Gasteiger partial charge in [-0.05, 0) is 69.1 Å². The van der Waals surface area contributed by atoms with E-state index in [1.54, 1.807) is 0 Å². The molecule has 3 heteroatoms. The second-order valence-electron chi connectivity index (χ2n) is 6.98. The van der Waals surface area contributed by atoms with Crippen molar-refractivity contribution in [3.8, 4) is 0 Å². The van der Waals surface area contributed by atoms with E-state index < -0.39 is 0 Å². The average Bonchev–Trinajstić information content (AvgIpc) is 2.66. The highest BCUT2D eigenvalue weighted by Gasteiger charge is 2.44. The van der Waals surface area contributed by atoms with E-state index in [2.05, 4.69) is 24.4 Å². The second kappa shape index (κ2) is 5.67. The lowest BCUT2D eigenvalue weighted by molar-refractivity contribution is 0.189. The van der Waals surface area contributed by atoms with Gasteiger partial charge in [-0.2, -0.15) is 0 Å². The minimum absolute atomic E-state index is 0.288. The van der Waals surface area contributed by atoms with E-state index in [4.69, 9.17) is 17.3 Å². The van der Waals surface area contributed by atoms with Crippen molar-refractivity contribution in [3.63, 3.8) is 0 Å². The van der Waals surface area contributed by atoms with Crippen molar-refractivity contribution < 1.29 is 0 Å². The summed E-state index contributed by atoms with van der Waals surface area (Å²) in [5.74, 6) is 0.781. The molecular formula is C17H25ClN2. The van der Waals surface area contributed by atoms with Crippen LogP contribution in [-0.2, 0) is 6.42 Å². The first-order valence-corrected chi connectivity index (χ1v) is 8.20. The molecule has 2 aliphatic heterocycles. The molecule has 1 aromatic rings. The molecule has 0 radical (unpaired) electrons. The quantitative estimate of drug-likeness (QED) is 0.891. The van der Waals surface area contributed by atoms with Crippen LogP contribution in [0, 0.1) is 5.92 Å². The third kappa shape index (κ3) is 3.19. The molecule has 2 heterocycles. The molecule has 2 nitrogen and oxygen atoms in total. The third-order valence-electron chi connectivity index (χ3n) is 4.93. The fraction of sp³-hybridized carbons (Fsp3) is 0.647. The number of hydrogen-bond acceptors (Lipinski definition) is 2. The van der Waals surface area contributed by atoms with Gasteiger partial charge >= 0.3 is 0 Å². The van der Waals surface area contributed by atoms with Gasteiger partial charge < -0.3 is 11.1 Å². The Morgan fingerprint density at radius 2 is 2.15 bits per heavy atom. The fourth-order valence-electron chi connectivity index (χ4n) is 4.37. The minimum Gasteiger partial charge on any atom is -0.328 e. The Morgan fingerprint density at radius 3 is 2.85 bits per heavy atom. The van der Waals surface area contributed by atoms with Crippen molar-refractivity contribution in [1.29, 1.82) is 0 Å². The molecule has 4 atom stereocenters. The summed E-state index contributed by atoms with van der Waals surface area (Å²) in [6.45, 7) is 2.13. The van der Waals surface area contributed by atoms with Crippen molar-refractivity contribution in [2.24, 2.45) is 11.7 Å². The SMILES string of the molecule is CC(N)CC12CCC(CC(Cc3ccc(Cl)cc3)C1)N2. The largest absolute Gasteiger partial charge is 0.328 e. The van der Waals surface area contributed by atoms with Crippen LogP contribution in [0.5, 0.6) is 0 Å². The average molecular weight is 293 g/mol. The van der Waals surface area contributed by atoms with Crippen LogP contribution in [0.1, 0.15) is 44.6 Å². The Hall–Kier alpha value is -0.570. The van der Waals surface area contributed by atoms with Crippen molar-refractivity contribution in [3.05, 3.63) is 34.9 Å². The predicted molar refractivity (Wildman–Crippen MR) is 85.0 cm³/mol. The summed E-state index contributed by atoms with van der Waals surface area (Å²) in [5, 5.41) is 4.69. The van der Waals surface area contributed by atoms with Crippen molar-refractivity contribution in [2.75, 3.05) is 0 Å². The first kappa shape index (κ1) is 14.4. The minimum atomic E-state index is 0.288. The molecule has 0 aromatic heterocycles. The Morgan fingerprint density at radius 1 is 1.40 bits per heavy atom. The zero-order valence-electron chi connectivity index (χ0n) is 12.2. The van der Waals surface area contributed by atoms with Crippen molar-refractivity contribution in [1.82, 2.24) is 5.32 Å². The second-order valence-corrected chi connectivity index (χ2v) is 7.41. The highest BCUT2D eigenvalue weighted by Crippen LogP contribution is 2.42. The van der Waals surface area contributed by atoms with Crippen molar-refractivity contribution >= 4 is 11.6 Å². The van der Waals surface area contributed by atoms with Crippen LogP contribution in [0.3, 0.4) is 0 Å². The molecule has 2 fully saturated rings. The topological polar surface area (TPSA) is 38.0 Å². The lowest BCUT2D eigenvalue weighted by atomic mass is 9.77. The van der Waals surface area contributed by atoms with Gasteiger partial charge in [0.05, 0.1) is 0 Å². The van der Waals surface area contributed by atoms with Gasteiger partial charge in [-0.25, -0.2) is 0 Å². The lowest BCUT2D eigenvalue weighted by Gasteiger charge is -2.40. The zero-order chi connectivity index (χ0) is 14.2. The number of nitrogens with one attached hydrogen (secondary N) is 1. The molecule has 1 aromatic carbocycles. The summed E-state index contributed by atoms with van der Waals surface area (Å²) < 4.78 is 0. The van der Waals surface area contributed by atoms with Gasteiger partial charge in [0.2, 0.25) is 0 Å². The number of halogens is 1. The van der Waals surface area contributed by atoms with Crippen LogP contribution >= 0.6 is 11.6 Å². The molecule has 110 valence electrons.